The van der Waals surface area contributed by atoms with Crippen LogP contribution in [0, 0.1) is 0 Å². The van der Waals surface area contributed by atoms with Gasteiger partial charge in [0.05, 0.1) is 16.8 Å². The van der Waals surface area contributed by atoms with Crippen LogP contribution in [0.4, 0.5) is 5.69 Å². The summed E-state index contributed by atoms with van der Waals surface area (Å²) in [6.45, 7) is 0.938. The maximum atomic E-state index is 12.7. The molecule has 1 N–H and O–H groups in total. The van der Waals surface area contributed by atoms with Crippen molar-refractivity contribution in [3.05, 3.63) is 83.9 Å². The molecule has 4 rings (SSSR count). The third kappa shape index (κ3) is 4.42. The van der Waals surface area contributed by atoms with Gasteiger partial charge < -0.3 is 9.47 Å². The number of sulfonamides is 1. The minimum absolute atomic E-state index is 0.191. The van der Waals surface area contributed by atoms with Gasteiger partial charge in [0, 0.05) is 18.2 Å². The van der Waals surface area contributed by atoms with Crippen molar-refractivity contribution in [3.8, 4) is 11.5 Å². The highest BCUT2D eigenvalue weighted by atomic mass is 32.2. The Bertz CT molecular complexity index is 1240. The summed E-state index contributed by atoms with van der Waals surface area (Å²) >= 11 is 0. The highest BCUT2D eigenvalue weighted by Gasteiger charge is 2.21. The Labute approximate surface area is 186 Å². The lowest BCUT2D eigenvalue weighted by Crippen LogP contribution is -2.26. The number of para-hydroxylation sites is 1. The third-order valence-electron chi connectivity index (χ3n) is 4.86. The summed E-state index contributed by atoms with van der Waals surface area (Å²) < 4.78 is 37.8. The van der Waals surface area contributed by atoms with E-state index < -0.39 is 15.9 Å². The van der Waals surface area contributed by atoms with Crippen LogP contribution in [0.15, 0.2) is 82.8 Å². The van der Waals surface area contributed by atoms with Gasteiger partial charge in [0.1, 0.15) is 13.2 Å². The van der Waals surface area contributed by atoms with Crippen LogP contribution in [0.2, 0.25) is 0 Å². The van der Waals surface area contributed by atoms with Crippen LogP contribution in [-0.2, 0) is 10.0 Å². The molecule has 0 fully saturated rings. The van der Waals surface area contributed by atoms with Gasteiger partial charge >= 0.3 is 0 Å². The third-order valence-corrected chi connectivity index (χ3v) is 6.66. The zero-order valence-electron chi connectivity index (χ0n) is 17.3. The molecule has 8 nitrogen and oxygen atoms in total. The van der Waals surface area contributed by atoms with Crippen molar-refractivity contribution < 1.29 is 22.7 Å². The fourth-order valence-electron chi connectivity index (χ4n) is 3.14. The van der Waals surface area contributed by atoms with Gasteiger partial charge in [-0.2, -0.15) is 5.10 Å². The van der Waals surface area contributed by atoms with E-state index in [1.807, 2.05) is 6.07 Å². The minimum atomic E-state index is -3.69. The van der Waals surface area contributed by atoms with Crippen molar-refractivity contribution in [3.63, 3.8) is 0 Å². The quantitative estimate of drug-likeness (QED) is 0.459. The Morgan fingerprint density at radius 3 is 2.44 bits per heavy atom. The molecule has 0 bridgehead atoms. The maximum Gasteiger partial charge on any atom is 0.271 e. The van der Waals surface area contributed by atoms with Gasteiger partial charge in [0.15, 0.2) is 11.5 Å². The number of nitrogens with zero attached hydrogens (tertiary/aromatic N) is 2. The molecule has 0 saturated heterocycles. The summed E-state index contributed by atoms with van der Waals surface area (Å²) in [5.41, 5.74) is 3.92. The summed E-state index contributed by atoms with van der Waals surface area (Å²) in [6, 6.07) is 19.8. The zero-order chi connectivity index (χ0) is 22.6. The van der Waals surface area contributed by atoms with Gasteiger partial charge in [-0.05, 0) is 48.5 Å². The molecule has 1 aliphatic rings. The second-order valence-corrected chi connectivity index (χ2v) is 8.87. The molecule has 1 heterocycles. The summed E-state index contributed by atoms with van der Waals surface area (Å²) in [4.78, 5) is 12.6. The molecule has 9 heteroatoms. The smallest absolute Gasteiger partial charge is 0.271 e. The predicted octanol–water partition coefficient (Wildman–Crippen LogP) is 3.05. The first-order valence-electron chi connectivity index (χ1n) is 9.83. The van der Waals surface area contributed by atoms with E-state index in [0.717, 1.165) is 0 Å². The summed E-state index contributed by atoms with van der Waals surface area (Å²) in [5, 5.41) is 4.00. The van der Waals surface area contributed by atoms with Crippen molar-refractivity contribution in [1.82, 2.24) is 5.43 Å². The lowest BCUT2D eigenvalue weighted by atomic mass is 10.2. The SMILES string of the molecule is CN(c1ccc(C(=O)N/N=C/c2cccc3c2OCCO3)cc1)S(=O)(=O)c1ccccc1. The van der Waals surface area contributed by atoms with Gasteiger partial charge in [-0.25, -0.2) is 13.8 Å². The van der Waals surface area contributed by atoms with Crippen LogP contribution in [0.1, 0.15) is 15.9 Å². The molecule has 3 aromatic carbocycles. The Morgan fingerprint density at radius 2 is 1.69 bits per heavy atom. The number of anilines is 1. The highest BCUT2D eigenvalue weighted by molar-refractivity contribution is 7.92. The van der Waals surface area contributed by atoms with Crippen molar-refractivity contribution in [2.24, 2.45) is 5.10 Å². The molecule has 164 valence electrons. The number of carbonyl (C=O) groups excluding carboxylic acids is 1. The number of hydrogen-bond donors (Lipinski definition) is 1. The second-order valence-electron chi connectivity index (χ2n) is 6.90. The van der Waals surface area contributed by atoms with Crippen LogP contribution in [0.3, 0.4) is 0 Å². The minimum Gasteiger partial charge on any atom is -0.486 e. The highest BCUT2D eigenvalue weighted by Crippen LogP contribution is 2.32. The van der Waals surface area contributed by atoms with E-state index in [9.17, 15) is 13.2 Å². The summed E-state index contributed by atoms with van der Waals surface area (Å²) in [5.74, 6) is 0.795. The number of hydrogen-bond acceptors (Lipinski definition) is 6. The number of carbonyl (C=O) groups is 1. The molecule has 0 saturated carbocycles. The Balaban J connectivity index is 1.43. The lowest BCUT2D eigenvalue weighted by Gasteiger charge is -2.19. The normalized spacial score (nSPS) is 13.0. The number of ether oxygens (including phenoxy) is 2. The first-order valence-corrected chi connectivity index (χ1v) is 11.3. The van der Waals surface area contributed by atoms with Crippen molar-refractivity contribution in [2.75, 3.05) is 24.6 Å². The van der Waals surface area contributed by atoms with Gasteiger partial charge in [-0.15, -0.1) is 0 Å². The molecule has 0 aliphatic carbocycles. The predicted molar refractivity (Wildman–Crippen MR) is 121 cm³/mol. The Morgan fingerprint density at radius 1 is 0.969 bits per heavy atom. The number of rotatable bonds is 6. The van der Waals surface area contributed by atoms with Crippen LogP contribution in [0.5, 0.6) is 11.5 Å². The fourth-order valence-corrected chi connectivity index (χ4v) is 4.35. The van der Waals surface area contributed by atoms with E-state index in [0.29, 0.717) is 41.5 Å². The van der Waals surface area contributed by atoms with Gasteiger partial charge in [-0.1, -0.05) is 24.3 Å². The Kier molecular flexibility index (Phi) is 6.09. The van der Waals surface area contributed by atoms with Crippen molar-refractivity contribution in [1.29, 1.82) is 0 Å². The molecule has 1 aliphatic heterocycles. The number of benzene rings is 3. The topological polar surface area (TPSA) is 97.3 Å². The molecule has 0 atom stereocenters. The van der Waals surface area contributed by atoms with E-state index in [2.05, 4.69) is 10.5 Å². The van der Waals surface area contributed by atoms with Crippen LogP contribution in [0.25, 0.3) is 0 Å². The van der Waals surface area contributed by atoms with E-state index in [4.69, 9.17) is 9.47 Å². The lowest BCUT2D eigenvalue weighted by molar-refractivity contribution is 0.0955. The molecular weight excluding hydrogens is 430 g/mol. The average molecular weight is 452 g/mol. The standard InChI is InChI=1S/C23H21N3O5S/c1-26(32(28,29)20-7-3-2-4-8-20)19-12-10-17(11-13-19)23(27)25-24-16-18-6-5-9-21-22(18)31-15-14-30-21/h2-13,16H,14-15H2,1H3,(H,25,27)/b24-16+. The average Bonchev–Trinajstić information content (AvgIpc) is 2.84. The van der Waals surface area contributed by atoms with Gasteiger partial charge in [0.2, 0.25) is 0 Å². The van der Waals surface area contributed by atoms with Gasteiger partial charge in [0.25, 0.3) is 15.9 Å². The first kappa shape index (κ1) is 21.4. The number of fused-ring (bicyclic) bond motifs is 1. The van der Waals surface area contributed by atoms with Crippen LogP contribution >= 0.6 is 0 Å². The molecule has 0 aromatic heterocycles. The molecule has 0 radical (unpaired) electrons. The second kappa shape index (κ2) is 9.11. The Hall–Kier alpha value is -3.85. The van der Waals surface area contributed by atoms with Crippen molar-refractivity contribution >= 4 is 27.8 Å². The van der Waals surface area contributed by atoms with E-state index in [-0.39, 0.29) is 4.90 Å². The summed E-state index contributed by atoms with van der Waals surface area (Å²) in [7, 11) is -2.22. The molecule has 0 unspecified atom stereocenters. The van der Waals surface area contributed by atoms with Crippen LogP contribution < -0.4 is 19.2 Å². The fraction of sp³-hybridized carbons (Fsp3) is 0.130. The largest absolute Gasteiger partial charge is 0.486 e. The molecule has 0 spiro atoms. The molecule has 3 aromatic rings. The van der Waals surface area contributed by atoms with E-state index >= 15 is 0 Å². The molecular formula is C23H21N3O5S. The molecule has 32 heavy (non-hydrogen) atoms. The number of hydrazone groups is 1. The zero-order valence-corrected chi connectivity index (χ0v) is 18.1. The van der Waals surface area contributed by atoms with E-state index in [1.54, 1.807) is 54.6 Å². The number of amides is 1. The molecule has 1 amide bonds. The van der Waals surface area contributed by atoms with E-state index in [1.165, 1.54) is 29.7 Å². The summed E-state index contributed by atoms with van der Waals surface area (Å²) in [6.07, 6.45) is 1.49. The maximum absolute atomic E-state index is 12.7. The first-order chi connectivity index (χ1) is 15.5. The van der Waals surface area contributed by atoms with Crippen molar-refractivity contribution in [2.45, 2.75) is 4.90 Å². The monoisotopic (exact) mass is 451 g/mol. The number of nitrogens with one attached hydrogen (secondary N) is 1. The van der Waals surface area contributed by atoms with Gasteiger partial charge in [-0.3, -0.25) is 9.10 Å². The van der Waals surface area contributed by atoms with Crippen LogP contribution in [-0.4, -0.2) is 40.8 Å².